The number of anilines is 1. The van der Waals surface area contributed by atoms with E-state index in [0.717, 1.165) is 43.0 Å². The van der Waals surface area contributed by atoms with Gasteiger partial charge in [-0.25, -0.2) is 9.97 Å². The van der Waals surface area contributed by atoms with E-state index >= 15 is 0 Å². The first kappa shape index (κ1) is 22.5. The molecular formula is C25H30ClN5O. The number of aryl methyl sites for hydroxylation is 2. The SMILES string of the molecule is CCC(=O)/C(=C\c1ccc(N2CCCN(C)CC2)cc1C)c1cn2cc(Cl)nc(C)c2n1. The first-order valence-corrected chi connectivity index (χ1v) is 11.5. The zero-order valence-electron chi connectivity index (χ0n) is 19.2. The van der Waals surface area contributed by atoms with E-state index < -0.39 is 0 Å². The zero-order valence-corrected chi connectivity index (χ0v) is 20.0. The van der Waals surface area contributed by atoms with Crippen LogP contribution >= 0.6 is 11.6 Å². The van der Waals surface area contributed by atoms with Gasteiger partial charge in [-0.15, -0.1) is 0 Å². The lowest BCUT2D eigenvalue weighted by Gasteiger charge is -2.23. The lowest BCUT2D eigenvalue weighted by atomic mass is 9.99. The Hall–Kier alpha value is -2.70. The summed E-state index contributed by atoms with van der Waals surface area (Å²) >= 11 is 6.10. The second-order valence-corrected chi connectivity index (χ2v) is 8.91. The van der Waals surface area contributed by atoms with Crippen LogP contribution in [0.4, 0.5) is 5.69 Å². The van der Waals surface area contributed by atoms with Gasteiger partial charge in [0.15, 0.2) is 11.4 Å². The van der Waals surface area contributed by atoms with Gasteiger partial charge in [-0.2, -0.15) is 0 Å². The standard InChI is InChI=1S/C25H30ClN5O/c1-5-23(32)21(22-15-31-16-24(26)27-18(3)25(31)28-22)14-19-7-8-20(13-17(19)2)30-10-6-9-29(4)11-12-30/h7-8,13-16H,5-6,9-12H2,1-4H3/b21-14-. The van der Waals surface area contributed by atoms with Crippen LogP contribution in [0.25, 0.3) is 17.3 Å². The number of likely N-dealkylation sites (N-methyl/N-ethyl adjacent to an activating group) is 1. The van der Waals surface area contributed by atoms with Crippen molar-refractivity contribution in [3.05, 3.63) is 58.3 Å². The fourth-order valence-electron chi connectivity index (χ4n) is 4.21. The van der Waals surface area contributed by atoms with Crippen LogP contribution in [-0.2, 0) is 4.79 Å². The first-order chi connectivity index (χ1) is 15.4. The molecule has 0 atom stereocenters. The van der Waals surface area contributed by atoms with Crippen molar-refractivity contribution in [3.63, 3.8) is 0 Å². The van der Waals surface area contributed by atoms with Crippen molar-refractivity contribution in [2.45, 2.75) is 33.6 Å². The normalized spacial score (nSPS) is 15.9. The lowest BCUT2D eigenvalue weighted by molar-refractivity contribution is -0.113. The van der Waals surface area contributed by atoms with Gasteiger partial charge in [0.2, 0.25) is 0 Å². The number of rotatable bonds is 5. The number of allylic oxidation sites excluding steroid dienone is 1. The molecule has 0 amide bonds. The van der Waals surface area contributed by atoms with E-state index in [9.17, 15) is 4.79 Å². The fourth-order valence-corrected chi connectivity index (χ4v) is 4.44. The van der Waals surface area contributed by atoms with Gasteiger partial charge in [0.25, 0.3) is 0 Å². The van der Waals surface area contributed by atoms with Gasteiger partial charge in [0.1, 0.15) is 5.15 Å². The highest BCUT2D eigenvalue weighted by Gasteiger charge is 2.17. The number of Topliss-reactive ketones (excluding diaryl/α,β-unsaturated/α-hetero) is 1. The predicted molar refractivity (Wildman–Crippen MR) is 131 cm³/mol. The van der Waals surface area contributed by atoms with Gasteiger partial charge in [0, 0.05) is 49.7 Å². The monoisotopic (exact) mass is 451 g/mol. The molecule has 168 valence electrons. The minimum absolute atomic E-state index is 0.0594. The Morgan fingerprint density at radius 3 is 2.69 bits per heavy atom. The van der Waals surface area contributed by atoms with E-state index in [1.54, 1.807) is 6.20 Å². The smallest absolute Gasteiger partial charge is 0.164 e. The maximum absolute atomic E-state index is 12.9. The minimum atomic E-state index is 0.0594. The molecule has 1 aliphatic rings. The molecule has 7 heteroatoms. The fraction of sp³-hybridized carbons (Fsp3) is 0.400. The summed E-state index contributed by atoms with van der Waals surface area (Å²) in [7, 11) is 2.18. The molecule has 0 saturated carbocycles. The molecule has 2 aromatic heterocycles. The van der Waals surface area contributed by atoms with E-state index in [-0.39, 0.29) is 5.78 Å². The molecular weight excluding hydrogens is 422 g/mol. The molecule has 1 aliphatic heterocycles. The summed E-state index contributed by atoms with van der Waals surface area (Å²) in [6.07, 6.45) is 7.11. The molecule has 0 aliphatic carbocycles. The summed E-state index contributed by atoms with van der Waals surface area (Å²) < 4.78 is 1.84. The number of fused-ring (bicyclic) bond motifs is 1. The summed E-state index contributed by atoms with van der Waals surface area (Å²) in [5, 5.41) is 0.400. The molecule has 6 nitrogen and oxygen atoms in total. The van der Waals surface area contributed by atoms with Crippen LogP contribution in [0.15, 0.2) is 30.6 Å². The number of hydrogen-bond acceptors (Lipinski definition) is 5. The van der Waals surface area contributed by atoms with Gasteiger partial charge >= 0.3 is 0 Å². The van der Waals surface area contributed by atoms with Crippen molar-refractivity contribution in [1.82, 2.24) is 19.3 Å². The van der Waals surface area contributed by atoms with Crippen molar-refractivity contribution in [2.75, 3.05) is 38.1 Å². The number of carbonyl (C=O) groups is 1. The van der Waals surface area contributed by atoms with Crippen molar-refractivity contribution < 1.29 is 4.79 Å². The topological polar surface area (TPSA) is 53.7 Å². The molecule has 4 rings (SSSR count). The van der Waals surface area contributed by atoms with Gasteiger partial charge < -0.3 is 14.2 Å². The highest BCUT2D eigenvalue weighted by Crippen LogP contribution is 2.26. The molecule has 0 unspecified atom stereocenters. The summed E-state index contributed by atoms with van der Waals surface area (Å²) in [6, 6.07) is 6.50. The Kier molecular flexibility index (Phi) is 6.63. The third-order valence-corrected chi connectivity index (χ3v) is 6.29. The molecule has 0 bridgehead atoms. The molecule has 0 spiro atoms. The summed E-state index contributed by atoms with van der Waals surface area (Å²) in [4.78, 5) is 26.7. The number of halogens is 1. The molecule has 1 fully saturated rings. The second kappa shape index (κ2) is 9.43. The lowest BCUT2D eigenvalue weighted by Crippen LogP contribution is -2.28. The van der Waals surface area contributed by atoms with Crippen LogP contribution in [0.3, 0.4) is 0 Å². The highest BCUT2D eigenvalue weighted by atomic mass is 35.5. The zero-order chi connectivity index (χ0) is 22.8. The molecule has 3 heterocycles. The second-order valence-electron chi connectivity index (χ2n) is 8.53. The van der Waals surface area contributed by atoms with E-state index in [2.05, 4.69) is 47.0 Å². The largest absolute Gasteiger partial charge is 0.370 e. The quantitative estimate of drug-likeness (QED) is 0.528. The average molecular weight is 452 g/mol. The maximum atomic E-state index is 12.9. The van der Waals surface area contributed by atoms with Crippen LogP contribution < -0.4 is 4.90 Å². The van der Waals surface area contributed by atoms with E-state index in [0.29, 0.717) is 28.5 Å². The molecule has 1 aromatic carbocycles. The van der Waals surface area contributed by atoms with Crippen LogP contribution in [0.1, 0.15) is 42.3 Å². The summed E-state index contributed by atoms with van der Waals surface area (Å²) in [5.74, 6) is 0.0594. The summed E-state index contributed by atoms with van der Waals surface area (Å²) in [5.41, 5.74) is 6.10. The highest BCUT2D eigenvalue weighted by molar-refractivity contribution is 6.29. The Morgan fingerprint density at radius 1 is 1.12 bits per heavy atom. The molecule has 0 N–H and O–H groups in total. The molecule has 3 aromatic rings. The van der Waals surface area contributed by atoms with Gasteiger partial charge in [0.05, 0.1) is 11.4 Å². The third kappa shape index (κ3) is 4.71. The maximum Gasteiger partial charge on any atom is 0.164 e. The number of nitrogens with zero attached hydrogens (tertiary/aromatic N) is 5. The number of carbonyl (C=O) groups excluding carboxylic acids is 1. The van der Waals surface area contributed by atoms with Gasteiger partial charge in [-0.1, -0.05) is 24.6 Å². The van der Waals surface area contributed by atoms with Crippen LogP contribution in [-0.4, -0.2) is 58.3 Å². The molecule has 0 radical (unpaired) electrons. The van der Waals surface area contributed by atoms with Crippen LogP contribution in [0.2, 0.25) is 5.15 Å². The number of benzene rings is 1. The Bertz CT molecular complexity index is 1180. The Balaban J connectivity index is 1.70. The Morgan fingerprint density at radius 2 is 1.94 bits per heavy atom. The van der Waals surface area contributed by atoms with E-state index in [1.807, 2.05) is 30.5 Å². The van der Waals surface area contributed by atoms with E-state index in [1.165, 1.54) is 12.1 Å². The minimum Gasteiger partial charge on any atom is -0.370 e. The number of ketones is 1. The molecule has 32 heavy (non-hydrogen) atoms. The van der Waals surface area contributed by atoms with Crippen LogP contribution in [0, 0.1) is 13.8 Å². The van der Waals surface area contributed by atoms with Crippen molar-refractivity contribution in [1.29, 1.82) is 0 Å². The van der Waals surface area contributed by atoms with E-state index in [4.69, 9.17) is 16.6 Å². The van der Waals surface area contributed by atoms with Crippen LogP contribution in [0.5, 0.6) is 0 Å². The number of aromatic nitrogens is 3. The molecule has 1 saturated heterocycles. The number of hydrogen-bond donors (Lipinski definition) is 0. The van der Waals surface area contributed by atoms with Crippen molar-refractivity contribution in [2.24, 2.45) is 0 Å². The first-order valence-electron chi connectivity index (χ1n) is 11.2. The van der Waals surface area contributed by atoms with Crippen molar-refractivity contribution >= 4 is 40.4 Å². The average Bonchev–Trinajstić information content (AvgIpc) is 3.06. The third-order valence-electron chi connectivity index (χ3n) is 6.11. The van der Waals surface area contributed by atoms with Gasteiger partial charge in [-0.3, -0.25) is 4.79 Å². The summed E-state index contributed by atoms with van der Waals surface area (Å²) in [6.45, 7) is 10.1. The number of imidazole rings is 1. The predicted octanol–water partition coefficient (Wildman–Crippen LogP) is 4.66. The van der Waals surface area contributed by atoms with Gasteiger partial charge in [-0.05, 0) is 63.2 Å². The van der Waals surface area contributed by atoms with Crippen molar-refractivity contribution in [3.8, 4) is 0 Å². The Labute approximate surface area is 194 Å².